The molecule has 196 valence electrons. The monoisotopic (exact) mass is 531 g/mol. The van der Waals surface area contributed by atoms with Gasteiger partial charge in [0, 0.05) is 56.1 Å². The first-order chi connectivity index (χ1) is 18.4. The van der Waals surface area contributed by atoms with Crippen LogP contribution in [0, 0.1) is 0 Å². The maximum Gasteiger partial charge on any atom is 0.229 e. The second-order valence-corrected chi connectivity index (χ2v) is 9.77. The van der Waals surface area contributed by atoms with Gasteiger partial charge in [-0.25, -0.2) is 14.6 Å². The van der Waals surface area contributed by atoms with Gasteiger partial charge in [0.2, 0.25) is 11.9 Å². The van der Waals surface area contributed by atoms with Crippen molar-refractivity contribution in [3.63, 3.8) is 0 Å². The molecule has 0 aliphatic carbocycles. The summed E-state index contributed by atoms with van der Waals surface area (Å²) in [6.07, 6.45) is 3.30. The van der Waals surface area contributed by atoms with Gasteiger partial charge in [0.15, 0.2) is 11.6 Å². The Labute approximate surface area is 226 Å². The molecule has 1 aliphatic heterocycles. The minimum absolute atomic E-state index is 0.128. The molecule has 0 saturated carbocycles. The Morgan fingerprint density at radius 1 is 0.974 bits per heavy atom. The Hall–Kier alpha value is -4.18. The zero-order valence-corrected chi connectivity index (χ0v) is 22.4. The fourth-order valence-corrected chi connectivity index (χ4v) is 4.38. The number of hydrogen-bond acceptors (Lipinski definition) is 8. The SMILES string of the molecule is CC(=O)N1CCN(c2ccc(Nc3ncc(Cl)c(Nc4ccccc4-c4ncn(C(C)C)n4)n3)cc2)CC1. The summed E-state index contributed by atoms with van der Waals surface area (Å²) in [5.74, 6) is 1.63. The molecule has 0 bridgehead atoms. The first-order valence-electron chi connectivity index (χ1n) is 12.5. The summed E-state index contributed by atoms with van der Waals surface area (Å²) in [5, 5.41) is 11.6. The molecule has 1 saturated heterocycles. The van der Waals surface area contributed by atoms with E-state index in [1.54, 1.807) is 19.4 Å². The third-order valence-electron chi connectivity index (χ3n) is 6.42. The van der Waals surface area contributed by atoms with Crippen molar-refractivity contribution in [1.29, 1.82) is 0 Å². The van der Waals surface area contributed by atoms with Crippen LogP contribution in [0.25, 0.3) is 11.4 Å². The second-order valence-electron chi connectivity index (χ2n) is 9.37. The summed E-state index contributed by atoms with van der Waals surface area (Å²) in [7, 11) is 0. The third-order valence-corrected chi connectivity index (χ3v) is 6.69. The molecule has 0 radical (unpaired) electrons. The van der Waals surface area contributed by atoms with Crippen LogP contribution in [0.3, 0.4) is 0 Å². The van der Waals surface area contributed by atoms with Crippen LogP contribution < -0.4 is 15.5 Å². The molecule has 0 spiro atoms. The smallest absolute Gasteiger partial charge is 0.229 e. The molecule has 2 N–H and O–H groups in total. The van der Waals surface area contributed by atoms with Gasteiger partial charge in [-0.2, -0.15) is 10.1 Å². The maximum absolute atomic E-state index is 11.6. The zero-order chi connectivity index (χ0) is 26.6. The number of rotatable bonds is 7. The highest BCUT2D eigenvalue weighted by Crippen LogP contribution is 2.31. The van der Waals surface area contributed by atoms with E-state index in [1.165, 1.54) is 0 Å². The van der Waals surface area contributed by atoms with Gasteiger partial charge in [0.05, 0.1) is 11.9 Å². The number of nitrogens with one attached hydrogen (secondary N) is 2. The lowest BCUT2D eigenvalue weighted by Crippen LogP contribution is -2.48. The fourth-order valence-electron chi connectivity index (χ4n) is 4.24. The van der Waals surface area contributed by atoms with E-state index in [0.29, 0.717) is 22.6 Å². The lowest BCUT2D eigenvalue weighted by Gasteiger charge is -2.35. The second kappa shape index (κ2) is 11.1. The summed E-state index contributed by atoms with van der Waals surface area (Å²) < 4.78 is 1.82. The molecule has 1 aliphatic rings. The van der Waals surface area contributed by atoms with Crippen LogP contribution in [0.5, 0.6) is 0 Å². The number of amides is 1. The normalized spacial score (nSPS) is 13.6. The predicted molar refractivity (Wildman–Crippen MR) is 150 cm³/mol. The summed E-state index contributed by atoms with van der Waals surface area (Å²) in [4.78, 5) is 29.2. The number of anilines is 5. The van der Waals surface area contributed by atoms with E-state index in [0.717, 1.165) is 48.8 Å². The summed E-state index contributed by atoms with van der Waals surface area (Å²) in [5.41, 5.74) is 3.60. The van der Waals surface area contributed by atoms with Crippen molar-refractivity contribution in [2.45, 2.75) is 26.8 Å². The summed E-state index contributed by atoms with van der Waals surface area (Å²) in [6.45, 7) is 8.84. The molecule has 1 fully saturated rings. The first kappa shape index (κ1) is 25.5. The van der Waals surface area contributed by atoms with Crippen molar-refractivity contribution >= 4 is 46.3 Å². The standard InChI is InChI=1S/C27H30ClN9O/c1-18(2)37-17-30-25(34-37)22-6-4-5-7-24(22)32-26-23(28)16-29-27(33-26)31-20-8-10-21(11-9-20)36-14-12-35(13-15-36)19(3)38/h4-11,16-18H,12-15H2,1-3H3,(H2,29,31,32,33). The molecule has 10 nitrogen and oxygen atoms in total. The number of carbonyl (C=O) groups is 1. The average molecular weight is 532 g/mol. The number of aromatic nitrogens is 5. The van der Waals surface area contributed by atoms with Gasteiger partial charge in [-0.3, -0.25) is 4.79 Å². The van der Waals surface area contributed by atoms with Gasteiger partial charge in [-0.1, -0.05) is 23.7 Å². The van der Waals surface area contributed by atoms with E-state index in [9.17, 15) is 4.79 Å². The number of para-hydroxylation sites is 1. The molecule has 4 aromatic rings. The quantitative estimate of drug-likeness (QED) is 0.338. The molecule has 3 heterocycles. The van der Waals surface area contributed by atoms with Crippen molar-refractivity contribution in [1.82, 2.24) is 29.6 Å². The molecule has 5 rings (SSSR count). The minimum Gasteiger partial charge on any atom is -0.368 e. The van der Waals surface area contributed by atoms with Gasteiger partial charge in [0.1, 0.15) is 11.3 Å². The Kier molecular flexibility index (Phi) is 7.41. The van der Waals surface area contributed by atoms with Crippen LogP contribution >= 0.6 is 11.6 Å². The number of hydrogen-bond donors (Lipinski definition) is 2. The van der Waals surface area contributed by atoms with Crippen LogP contribution in [0.4, 0.5) is 28.8 Å². The zero-order valence-electron chi connectivity index (χ0n) is 21.6. The van der Waals surface area contributed by atoms with E-state index in [2.05, 4.69) is 61.6 Å². The van der Waals surface area contributed by atoms with Gasteiger partial charge < -0.3 is 20.4 Å². The maximum atomic E-state index is 11.6. The molecule has 2 aromatic heterocycles. The molecular weight excluding hydrogens is 502 g/mol. The molecule has 1 amide bonds. The molecule has 0 unspecified atom stereocenters. The third kappa shape index (κ3) is 5.70. The highest BCUT2D eigenvalue weighted by Gasteiger charge is 2.19. The number of halogens is 1. The van der Waals surface area contributed by atoms with Crippen LogP contribution in [-0.4, -0.2) is 61.7 Å². The fraction of sp³-hybridized carbons (Fsp3) is 0.296. The van der Waals surface area contributed by atoms with Crippen molar-refractivity contribution in [2.75, 3.05) is 41.7 Å². The Balaban J connectivity index is 1.29. The highest BCUT2D eigenvalue weighted by atomic mass is 35.5. The van der Waals surface area contributed by atoms with E-state index < -0.39 is 0 Å². The molecule has 2 aromatic carbocycles. The van der Waals surface area contributed by atoms with Crippen molar-refractivity contribution < 1.29 is 4.79 Å². The van der Waals surface area contributed by atoms with Crippen molar-refractivity contribution in [3.05, 3.63) is 66.1 Å². The molecule has 0 atom stereocenters. The minimum atomic E-state index is 0.128. The van der Waals surface area contributed by atoms with Crippen LogP contribution in [0.2, 0.25) is 5.02 Å². The molecular formula is C27H30ClN9O. The topological polar surface area (TPSA) is 104 Å². The van der Waals surface area contributed by atoms with Crippen LogP contribution in [-0.2, 0) is 4.79 Å². The van der Waals surface area contributed by atoms with E-state index in [1.807, 2.05) is 46.0 Å². The molecule has 11 heteroatoms. The van der Waals surface area contributed by atoms with Gasteiger partial charge in [0.25, 0.3) is 0 Å². The largest absolute Gasteiger partial charge is 0.368 e. The lowest BCUT2D eigenvalue weighted by atomic mass is 10.1. The molecule has 38 heavy (non-hydrogen) atoms. The number of nitrogens with zero attached hydrogens (tertiary/aromatic N) is 7. The highest BCUT2D eigenvalue weighted by molar-refractivity contribution is 6.33. The van der Waals surface area contributed by atoms with Gasteiger partial charge >= 0.3 is 0 Å². The van der Waals surface area contributed by atoms with Crippen LogP contribution in [0.15, 0.2) is 61.1 Å². The first-order valence-corrected chi connectivity index (χ1v) is 12.9. The van der Waals surface area contributed by atoms with Crippen molar-refractivity contribution in [2.24, 2.45) is 0 Å². The number of benzene rings is 2. The summed E-state index contributed by atoms with van der Waals surface area (Å²) >= 11 is 6.45. The summed E-state index contributed by atoms with van der Waals surface area (Å²) in [6, 6.07) is 16.1. The van der Waals surface area contributed by atoms with Crippen molar-refractivity contribution in [3.8, 4) is 11.4 Å². The predicted octanol–water partition coefficient (Wildman–Crippen LogP) is 5.13. The Bertz CT molecular complexity index is 1410. The average Bonchev–Trinajstić information content (AvgIpc) is 3.42. The van der Waals surface area contributed by atoms with Gasteiger partial charge in [-0.15, -0.1) is 0 Å². The van der Waals surface area contributed by atoms with Crippen LogP contribution in [0.1, 0.15) is 26.8 Å². The Morgan fingerprint density at radius 3 is 2.39 bits per heavy atom. The van der Waals surface area contributed by atoms with Gasteiger partial charge in [-0.05, 0) is 50.2 Å². The number of piperazine rings is 1. The van der Waals surface area contributed by atoms with E-state index in [-0.39, 0.29) is 11.9 Å². The number of carbonyl (C=O) groups excluding carboxylic acids is 1. The Morgan fingerprint density at radius 2 is 1.71 bits per heavy atom. The van der Waals surface area contributed by atoms with E-state index >= 15 is 0 Å². The van der Waals surface area contributed by atoms with E-state index in [4.69, 9.17) is 11.6 Å². The lowest BCUT2D eigenvalue weighted by molar-refractivity contribution is -0.129.